The van der Waals surface area contributed by atoms with Crippen molar-refractivity contribution >= 4 is 66.4 Å². The maximum Gasteiger partial charge on any atom is 0.174 e. The smallest absolute Gasteiger partial charge is 0.174 e. The molecule has 6 aromatic carbocycles. The average Bonchev–Trinajstić information content (AvgIpc) is 3.72. The van der Waals surface area contributed by atoms with Gasteiger partial charge in [-0.25, -0.2) is 4.98 Å². The molecule has 43 heavy (non-hydrogen) atoms. The zero-order chi connectivity index (χ0) is 28.1. The van der Waals surface area contributed by atoms with E-state index in [-0.39, 0.29) is 0 Å². The molecule has 0 atom stereocenters. The van der Waals surface area contributed by atoms with Gasteiger partial charge in [0.1, 0.15) is 0 Å². The summed E-state index contributed by atoms with van der Waals surface area (Å²) >= 11 is 1.81. The van der Waals surface area contributed by atoms with Crippen LogP contribution in [0, 0.1) is 0 Å². The summed E-state index contributed by atoms with van der Waals surface area (Å²) in [7, 11) is 0. The Bertz CT molecular complexity index is 2530. The Morgan fingerprint density at radius 2 is 1.02 bits per heavy atom. The first-order chi connectivity index (χ1) is 21.3. The molecule has 0 aliphatic carbocycles. The first kappa shape index (κ1) is 23.3. The maximum absolute atomic E-state index is 5.00. The van der Waals surface area contributed by atoms with E-state index in [1.165, 1.54) is 60.5 Å². The van der Waals surface area contributed by atoms with Crippen molar-refractivity contribution in [3.8, 4) is 17.1 Å². The molecule has 9 aromatic rings. The van der Waals surface area contributed by atoms with Crippen molar-refractivity contribution < 1.29 is 0 Å². The van der Waals surface area contributed by atoms with Crippen molar-refractivity contribution in [3.05, 3.63) is 139 Å². The predicted octanol–water partition coefficient (Wildman–Crippen LogP) is 9.83. The SMILES string of the molecule is c1ccc2c(c1)CSc1nc3ccc(-n4c5ccccc5c5cc(-n6c7ccccc7c7ccccc76)ccc54)cc3n1-2. The average molecular weight is 569 g/mol. The summed E-state index contributed by atoms with van der Waals surface area (Å²) in [5, 5.41) is 6.10. The molecule has 10 rings (SSSR count). The van der Waals surface area contributed by atoms with Crippen molar-refractivity contribution in [3.63, 3.8) is 0 Å². The minimum Gasteiger partial charge on any atom is -0.309 e. The molecular formula is C38H24N4S. The van der Waals surface area contributed by atoms with E-state index in [0.717, 1.165) is 27.6 Å². The molecule has 1 aliphatic rings. The monoisotopic (exact) mass is 568 g/mol. The second-order valence-corrected chi connectivity index (χ2v) is 12.2. The fourth-order valence-electron chi connectivity index (χ4n) is 7.08. The number of hydrogen-bond acceptors (Lipinski definition) is 2. The van der Waals surface area contributed by atoms with E-state index in [1.807, 2.05) is 11.8 Å². The lowest BCUT2D eigenvalue weighted by atomic mass is 10.1. The molecule has 0 amide bonds. The van der Waals surface area contributed by atoms with E-state index in [0.29, 0.717) is 0 Å². The Hall–Kier alpha value is -5.26. The van der Waals surface area contributed by atoms with Crippen molar-refractivity contribution in [1.82, 2.24) is 18.7 Å². The normalized spacial score (nSPS) is 12.9. The number of benzene rings is 6. The standard InChI is InChI=1S/C38H24N4S/c1-5-13-32-24(9-1)23-43-38-39-31-19-17-26(22-37(31)42(32)38)41-35-16-8-4-12-29(35)30-21-25(18-20-36(30)41)40-33-14-6-2-10-27(33)28-11-3-7-15-34(28)40/h1-22H,23H2. The number of fused-ring (bicyclic) bond motifs is 11. The Kier molecular flexibility index (Phi) is 4.68. The Morgan fingerprint density at radius 3 is 1.74 bits per heavy atom. The number of rotatable bonds is 2. The molecule has 0 fully saturated rings. The first-order valence-electron chi connectivity index (χ1n) is 14.6. The van der Waals surface area contributed by atoms with Gasteiger partial charge in [0.15, 0.2) is 5.16 Å². The molecule has 0 spiro atoms. The van der Waals surface area contributed by atoms with E-state index < -0.39 is 0 Å². The first-order valence-corrected chi connectivity index (χ1v) is 15.6. The zero-order valence-corrected chi connectivity index (χ0v) is 23.9. The number of nitrogens with zero attached hydrogens (tertiary/aromatic N) is 4. The molecule has 202 valence electrons. The van der Waals surface area contributed by atoms with Gasteiger partial charge < -0.3 is 9.13 Å². The van der Waals surface area contributed by atoms with E-state index in [4.69, 9.17) is 4.98 Å². The predicted molar refractivity (Wildman–Crippen MR) is 179 cm³/mol. The lowest BCUT2D eigenvalue weighted by Crippen LogP contribution is -2.05. The minimum absolute atomic E-state index is 0.952. The van der Waals surface area contributed by atoms with Gasteiger partial charge in [-0.15, -0.1) is 0 Å². The third kappa shape index (κ3) is 3.20. The summed E-state index contributed by atoms with van der Waals surface area (Å²) in [4.78, 5) is 5.00. The molecule has 0 saturated heterocycles. The van der Waals surface area contributed by atoms with Gasteiger partial charge in [-0.2, -0.15) is 0 Å². The van der Waals surface area contributed by atoms with Gasteiger partial charge in [-0.3, -0.25) is 4.57 Å². The molecule has 1 aliphatic heterocycles. The van der Waals surface area contributed by atoms with Gasteiger partial charge in [-0.05, 0) is 66.2 Å². The summed E-state index contributed by atoms with van der Waals surface area (Å²) in [6, 6.07) is 48.5. The van der Waals surface area contributed by atoms with Crippen molar-refractivity contribution in [1.29, 1.82) is 0 Å². The van der Waals surface area contributed by atoms with Crippen LogP contribution in [0.1, 0.15) is 5.56 Å². The Balaban J connectivity index is 1.23. The van der Waals surface area contributed by atoms with Gasteiger partial charge >= 0.3 is 0 Å². The van der Waals surface area contributed by atoms with Gasteiger partial charge in [0.25, 0.3) is 0 Å². The van der Waals surface area contributed by atoms with Crippen LogP contribution >= 0.6 is 11.8 Å². The summed E-state index contributed by atoms with van der Waals surface area (Å²) in [6.45, 7) is 0. The summed E-state index contributed by atoms with van der Waals surface area (Å²) in [6.07, 6.45) is 0. The highest BCUT2D eigenvalue weighted by atomic mass is 32.2. The number of aromatic nitrogens is 4. The highest BCUT2D eigenvalue weighted by molar-refractivity contribution is 7.98. The van der Waals surface area contributed by atoms with E-state index in [2.05, 4.69) is 147 Å². The highest BCUT2D eigenvalue weighted by Gasteiger charge is 2.22. The highest BCUT2D eigenvalue weighted by Crippen LogP contribution is 2.40. The van der Waals surface area contributed by atoms with E-state index in [9.17, 15) is 0 Å². The lowest BCUT2D eigenvalue weighted by molar-refractivity contribution is 0.894. The van der Waals surface area contributed by atoms with Crippen molar-refractivity contribution in [2.24, 2.45) is 0 Å². The second kappa shape index (κ2) is 8.63. The fraction of sp³-hybridized carbons (Fsp3) is 0.0263. The minimum atomic E-state index is 0.952. The van der Waals surface area contributed by atoms with Gasteiger partial charge in [0, 0.05) is 38.7 Å². The van der Waals surface area contributed by atoms with E-state index >= 15 is 0 Å². The molecule has 0 N–H and O–H groups in total. The maximum atomic E-state index is 5.00. The van der Waals surface area contributed by atoms with Crippen LogP contribution in [0.3, 0.4) is 0 Å². The Labute approximate surface area is 251 Å². The van der Waals surface area contributed by atoms with Crippen LogP contribution in [0.15, 0.2) is 139 Å². The van der Waals surface area contributed by atoms with E-state index in [1.54, 1.807) is 0 Å². The molecular weight excluding hydrogens is 545 g/mol. The summed E-state index contributed by atoms with van der Waals surface area (Å²) in [5.74, 6) is 0.952. The van der Waals surface area contributed by atoms with Gasteiger partial charge in [0.05, 0.1) is 38.8 Å². The van der Waals surface area contributed by atoms with Gasteiger partial charge in [0.2, 0.25) is 0 Å². The molecule has 0 saturated carbocycles. The third-order valence-corrected chi connectivity index (χ3v) is 9.94. The lowest BCUT2D eigenvalue weighted by Gasteiger charge is -2.18. The fourth-order valence-corrected chi connectivity index (χ4v) is 8.10. The van der Waals surface area contributed by atoms with Crippen LogP contribution in [0.4, 0.5) is 0 Å². The zero-order valence-electron chi connectivity index (χ0n) is 23.1. The molecule has 3 aromatic heterocycles. The number of hydrogen-bond donors (Lipinski definition) is 0. The molecule has 4 nitrogen and oxygen atoms in total. The topological polar surface area (TPSA) is 27.7 Å². The molecule has 0 radical (unpaired) electrons. The van der Waals surface area contributed by atoms with Gasteiger partial charge in [-0.1, -0.05) is 84.6 Å². The molecule has 0 unspecified atom stereocenters. The largest absolute Gasteiger partial charge is 0.309 e. The third-order valence-electron chi connectivity index (χ3n) is 8.95. The number of thioether (sulfide) groups is 1. The van der Waals surface area contributed by atoms with Crippen LogP contribution in [0.25, 0.3) is 71.7 Å². The van der Waals surface area contributed by atoms with Crippen LogP contribution in [0.5, 0.6) is 0 Å². The second-order valence-electron chi connectivity index (χ2n) is 11.2. The quantitative estimate of drug-likeness (QED) is 0.208. The van der Waals surface area contributed by atoms with Crippen molar-refractivity contribution in [2.75, 3.05) is 0 Å². The molecule has 5 heteroatoms. The molecule has 4 heterocycles. The van der Waals surface area contributed by atoms with Crippen LogP contribution in [-0.2, 0) is 5.75 Å². The van der Waals surface area contributed by atoms with Crippen LogP contribution in [0.2, 0.25) is 0 Å². The molecule has 0 bridgehead atoms. The summed E-state index contributed by atoms with van der Waals surface area (Å²) < 4.78 is 7.13. The van der Waals surface area contributed by atoms with Crippen LogP contribution < -0.4 is 0 Å². The Morgan fingerprint density at radius 1 is 0.465 bits per heavy atom. The van der Waals surface area contributed by atoms with Crippen molar-refractivity contribution in [2.45, 2.75) is 10.9 Å². The van der Waals surface area contributed by atoms with Crippen LogP contribution in [-0.4, -0.2) is 18.7 Å². The number of para-hydroxylation sites is 4. The summed E-state index contributed by atoms with van der Waals surface area (Å²) in [5.41, 5.74) is 11.9. The number of imidazole rings is 1.